The molecule has 118 valence electrons. The third-order valence-electron chi connectivity index (χ3n) is 3.88. The number of allylic oxidation sites excluding steroid dienone is 1. The van der Waals surface area contributed by atoms with Crippen LogP contribution in [0.5, 0.6) is 5.75 Å². The van der Waals surface area contributed by atoms with Crippen LogP contribution in [0.25, 0.3) is 0 Å². The van der Waals surface area contributed by atoms with Gasteiger partial charge in [0.1, 0.15) is 5.75 Å². The Morgan fingerprint density at radius 2 is 2.14 bits per heavy atom. The molecule has 0 bridgehead atoms. The Bertz CT molecular complexity index is 594. The number of amides is 1. The lowest BCUT2D eigenvalue weighted by Gasteiger charge is -2.14. The first-order valence-corrected chi connectivity index (χ1v) is 7.32. The van der Waals surface area contributed by atoms with E-state index in [1.54, 1.807) is 18.1 Å². The molecule has 0 radical (unpaired) electrons. The van der Waals surface area contributed by atoms with Gasteiger partial charge in [-0.25, -0.2) is 0 Å². The highest BCUT2D eigenvalue weighted by Crippen LogP contribution is 2.21. The van der Waals surface area contributed by atoms with Crippen LogP contribution in [-0.2, 0) is 16.0 Å². The second-order valence-corrected chi connectivity index (χ2v) is 5.59. The van der Waals surface area contributed by atoms with Crippen LogP contribution in [0.3, 0.4) is 0 Å². The lowest BCUT2D eigenvalue weighted by atomic mass is 10.0. The van der Waals surface area contributed by atoms with Crippen molar-refractivity contribution in [2.45, 2.75) is 19.8 Å². The quantitative estimate of drug-likeness (QED) is 0.846. The van der Waals surface area contributed by atoms with E-state index in [1.165, 1.54) is 0 Å². The van der Waals surface area contributed by atoms with E-state index in [0.717, 1.165) is 16.9 Å². The van der Waals surface area contributed by atoms with Crippen molar-refractivity contribution in [3.63, 3.8) is 0 Å². The molecule has 1 unspecified atom stereocenters. The summed E-state index contributed by atoms with van der Waals surface area (Å²) in [5.41, 5.74) is 1.95. The zero-order chi connectivity index (χ0) is 16.1. The molecule has 1 saturated heterocycles. The van der Waals surface area contributed by atoms with Gasteiger partial charge in [-0.2, -0.15) is 0 Å². The van der Waals surface area contributed by atoms with Crippen molar-refractivity contribution < 1.29 is 19.4 Å². The molecule has 22 heavy (non-hydrogen) atoms. The molecule has 0 saturated carbocycles. The van der Waals surface area contributed by atoms with Gasteiger partial charge in [0.15, 0.2) is 0 Å². The molecule has 0 spiro atoms. The van der Waals surface area contributed by atoms with E-state index in [0.29, 0.717) is 25.9 Å². The summed E-state index contributed by atoms with van der Waals surface area (Å²) >= 11 is 0. The number of para-hydroxylation sites is 1. The molecule has 2 rings (SSSR count). The Hall–Kier alpha value is -2.30. The molecular weight excluding hydrogens is 282 g/mol. The Kier molecular flexibility index (Phi) is 5.20. The summed E-state index contributed by atoms with van der Waals surface area (Å²) < 4.78 is 5.30. The summed E-state index contributed by atoms with van der Waals surface area (Å²) in [4.78, 5) is 24.7. The standard InChI is InChI=1S/C17H21NO4/c1-12(9-13-5-3-4-6-15(13)22-2)10-16(19)18-8-7-14(11-18)17(20)21/h3-6,10,14H,7-9,11H2,1-2H3,(H,20,21)/b12-10+. The van der Waals surface area contributed by atoms with E-state index < -0.39 is 11.9 Å². The van der Waals surface area contributed by atoms with Crippen LogP contribution < -0.4 is 4.74 Å². The van der Waals surface area contributed by atoms with Gasteiger partial charge in [0.05, 0.1) is 13.0 Å². The van der Waals surface area contributed by atoms with Gasteiger partial charge in [0.25, 0.3) is 0 Å². The average Bonchev–Trinajstić information content (AvgIpc) is 2.98. The molecule has 1 N–H and O–H groups in total. The van der Waals surface area contributed by atoms with E-state index in [1.807, 2.05) is 31.2 Å². The average molecular weight is 303 g/mol. The second kappa shape index (κ2) is 7.11. The van der Waals surface area contributed by atoms with Crippen molar-refractivity contribution >= 4 is 11.9 Å². The number of carboxylic acids is 1. The van der Waals surface area contributed by atoms with Crippen LogP contribution in [0.4, 0.5) is 0 Å². The van der Waals surface area contributed by atoms with Crippen LogP contribution in [0.2, 0.25) is 0 Å². The fourth-order valence-electron chi connectivity index (χ4n) is 2.66. The molecule has 1 aliphatic heterocycles. The van der Waals surface area contributed by atoms with Crippen LogP contribution in [0.1, 0.15) is 18.9 Å². The number of benzene rings is 1. The van der Waals surface area contributed by atoms with Crippen molar-refractivity contribution in [2.75, 3.05) is 20.2 Å². The maximum Gasteiger partial charge on any atom is 0.308 e. The minimum absolute atomic E-state index is 0.115. The minimum atomic E-state index is -0.829. The molecule has 1 atom stereocenters. The molecule has 1 aliphatic rings. The van der Waals surface area contributed by atoms with Crippen LogP contribution in [0, 0.1) is 5.92 Å². The van der Waals surface area contributed by atoms with Gasteiger partial charge in [-0.05, 0) is 31.4 Å². The fourth-order valence-corrected chi connectivity index (χ4v) is 2.66. The van der Waals surface area contributed by atoms with E-state index in [9.17, 15) is 9.59 Å². The number of hydrogen-bond acceptors (Lipinski definition) is 3. The number of methoxy groups -OCH3 is 1. The van der Waals surface area contributed by atoms with Gasteiger partial charge in [0, 0.05) is 19.2 Å². The first-order valence-electron chi connectivity index (χ1n) is 7.32. The highest BCUT2D eigenvalue weighted by molar-refractivity contribution is 5.89. The summed E-state index contributed by atoms with van der Waals surface area (Å²) in [5, 5.41) is 8.98. The second-order valence-electron chi connectivity index (χ2n) is 5.59. The number of carboxylic acid groups (broad SMARTS) is 1. The van der Waals surface area contributed by atoms with Crippen molar-refractivity contribution in [3.05, 3.63) is 41.5 Å². The number of carbonyl (C=O) groups excluding carboxylic acids is 1. The summed E-state index contributed by atoms with van der Waals surface area (Å²) in [5.74, 6) is -0.581. The number of nitrogens with zero attached hydrogens (tertiary/aromatic N) is 1. The van der Waals surface area contributed by atoms with Crippen molar-refractivity contribution in [3.8, 4) is 5.75 Å². The topological polar surface area (TPSA) is 66.8 Å². The highest BCUT2D eigenvalue weighted by atomic mass is 16.5. The van der Waals surface area contributed by atoms with Gasteiger partial charge in [0.2, 0.25) is 5.91 Å². The third kappa shape index (κ3) is 3.87. The molecule has 1 heterocycles. The van der Waals surface area contributed by atoms with Crippen molar-refractivity contribution in [1.29, 1.82) is 0 Å². The fraction of sp³-hybridized carbons (Fsp3) is 0.412. The first kappa shape index (κ1) is 16.1. The summed E-state index contributed by atoms with van der Waals surface area (Å²) in [6.07, 6.45) is 2.75. The molecule has 1 aromatic rings. The van der Waals surface area contributed by atoms with Gasteiger partial charge < -0.3 is 14.7 Å². The predicted octanol–water partition coefficient (Wildman–Crippen LogP) is 2.12. The Morgan fingerprint density at radius 1 is 1.41 bits per heavy atom. The third-order valence-corrected chi connectivity index (χ3v) is 3.88. The molecule has 1 amide bonds. The van der Waals surface area contributed by atoms with Crippen LogP contribution >= 0.6 is 0 Å². The largest absolute Gasteiger partial charge is 0.496 e. The first-order chi connectivity index (χ1) is 10.5. The van der Waals surface area contributed by atoms with Crippen molar-refractivity contribution in [1.82, 2.24) is 4.90 Å². The highest BCUT2D eigenvalue weighted by Gasteiger charge is 2.29. The predicted molar refractivity (Wildman–Crippen MR) is 82.8 cm³/mol. The van der Waals surface area contributed by atoms with Gasteiger partial charge in [-0.1, -0.05) is 23.8 Å². The van der Waals surface area contributed by atoms with Crippen molar-refractivity contribution in [2.24, 2.45) is 5.92 Å². The molecule has 0 aliphatic carbocycles. The molecule has 5 heteroatoms. The van der Waals surface area contributed by atoms with Gasteiger partial charge >= 0.3 is 5.97 Å². The summed E-state index contributed by atoms with van der Waals surface area (Å²) in [6, 6.07) is 7.70. The molecule has 1 aromatic carbocycles. The normalized spacial score (nSPS) is 18.4. The Balaban J connectivity index is 2.00. The van der Waals surface area contributed by atoms with Gasteiger partial charge in [-0.15, -0.1) is 0 Å². The SMILES string of the molecule is COc1ccccc1C/C(C)=C/C(=O)N1CCC(C(=O)O)C1. The molecular formula is C17H21NO4. The number of hydrogen-bond donors (Lipinski definition) is 1. The Morgan fingerprint density at radius 3 is 2.77 bits per heavy atom. The maximum absolute atomic E-state index is 12.2. The number of carbonyl (C=O) groups is 2. The smallest absolute Gasteiger partial charge is 0.308 e. The minimum Gasteiger partial charge on any atom is -0.496 e. The van der Waals surface area contributed by atoms with Crippen LogP contribution in [0.15, 0.2) is 35.9 Å². The van der Waals surface area contributed by atoms with Gasteiger partial charge in [-0.3, -0.25) is 9.59 Å². The lowest BCUT2D eigenvalue weighted by molar-refractivity contribution is -0.141. The lowest BCUT2D eigenvalue weighted by Crippen LogP contribution is -2.28. The zero-order valence-corrected chi connectivity index (χ0v) is 12.9. The van der Waals surface area contributed by atoms with E-state index in [-0.39, 0.29) is 5.91 Å². The number of likely N-dealkylation sites (tertiary alicyclic amines) is 1. The maximum atomic E-state index is 12.2. The summed E-state index contributed by atoms with van der Waals surface area (Å²) in [6.45, 7) is 2.70. The van der Waals surface area contributed by atoms with Crippen LogP contribution in [-0.4, -0.2) is 42.1 Å². The summed E-state index contributed by atoms with van der Waals surface area (Å²) in [7, 11) is 1.62. The van der Waals surface area contributed by atoms with E-state index in [2.05, 4.69) is 0 Å². The number of ether oxygens (including phenoxy) is 1. The number of aliphatic carboxylic acids is 1. The number of rotatable bonds is 5. The molecule has 5 nitrogen and oxygen atoms in total. The van der Waals surface area contributed by atoms with E-state index >= 15 is 0 Å². The van der Waals surface area contributed by atoms with E-state index in [4.69, 9.17) is 9.84 Å². The molecule has 0 aromatic heterocycles. The monoisotopic (exact) mass is 303 g/mol. The zero-order valence-electron chi connectivity index (χ0n) is 12.9. The molecule has 1 fully saturated rings. The Labute approximate surface area is 130 Å².